The summed E-state index contributed by atoms with van der Waals surface area (Å²) in [4.78, 5) is 30.4. The standard InChI is InChI=1S/C24H26FN3O3/c1-15-7-9-18(10-8-15)16(2)26-22(30)14-28-23(19-5-4-6-20(25)13-19)27-17(3)21(11-12-29)24(28)31/h4-10,13,16,29H,11-12,14H2,1-3H3,(H,26,30)/t16-/m0/s1. The number of benzene rings is 2. The first-order chi connectivity index (χ1) is 14.8. The van der Waals surface area contributed by atoms with Gasteiger partial charge in [0, 0.05) is 29.8 Å². The summed E-state index contributed by atoms with van der Waals surface area (Å²) in [5.41, 5.74) is 2.83. The number of halogens is 1. The molecule has 31 heavy (non-hydrogen) atoms. The molecule has 0 unspecified atom stereocenters. The maximum Gasteiger partial charge on any atom is 0.257 e. The Morgan fingerprint density at radius 3 is 2.55 bits per heavy atom. The lowest BCUT2D eigenvalue weighted by atomic mass is 10.1. The minimum Gasteiger partial charge on any atom is -0.396 e. The van der Waals surface area contributed by atoms with Crippen molar-refractivity contribution in [1.29, 1.82) is 0 Å². The van der Waals surface area contributed by atoms with Crippen molar-refractivity contribution in [1.82, 2.24) is 14.9 Å². The topological polar surface area (TPSA) is 84.2 Å². The molecule has 6 nitrogen and oxygen atoms in total. The fourth-order valence-electron chi connectivity index (χ4n) is 3.46. The van der Waals surface area contributed by atoms with Crippen LogP contribution in [0.1, 0.15) is 35.3 Å². The third-order valence-electron chi connectivity index (χ3n) is 5.17. The summed E-state index contributed by atoms with van der Waals surface area (Å²) >= 11 is 0. The third kappa shape index (κ3) is 5.24. The number of aliphatic hydroxyl groups excluding tert-OH is 1. The Hall–Kier alpha value is -3.32. The molecule has 1 amide bonds. The summed E-state index contributed by atoms with van der Waals surface area (Å²) in [7, 11) is 0. The predicted molar refractivity (Wildman–Crippen MR) is 117 cm³/mol. The first kappa shape index (κ1) is 22.4. The third-order valence-corrected chi connectivity index (χ3v) is 5.17. The number of amides is 1. The van der Waals surface area contributed by atoms with E-state index in [1.165, 1.54) is 22.8 Å². The van der Waals surface area contributed by atoms with Crippen LogP contribution in [0.4, 0.5) is 4.39 Å². The number of rotatable bonds is 7. The van der Waals surface area contributed by atoms with Crippen LogP contribution in [0.2, 0.25) is 0 Å². The minimum absolute atomic E-state index is 0.127. The Morgan fingerprint density at radius 2 is 1.90 bits per heavy atom. The van der Waals surface area contributed by atoms with Crippen LogP contribution in [0.3, 0.4) is 0 Å². The van der Waals surface area contributed by atoms with Gasteiger partial charge in [0.25, 0.3) is 5.56 Å². The van der Waals surface area contributed by atoms with E-state index in [0.717, 1.165) is 11.1 Å². The van der Waals surface area contributed by atoms with Crippen molar-refractivity contribution in [3.8, 4) is 11.4 Å². The second kappa shape index (κ2) is 9.66. The zero-order valence-corrected chi connectivity index (χ0v) is 17.9. The van der Waals surface area contributed by atoms with Crippen molar-refractivity contribution in [2.24, 2.45) is 0 Å². The summed E-state index contributed by atoms with van der Waals surface area (Å²) in [6, 6.07) is 13.3. The zero-order chi connectivity index (χ0) is 22.5. The van der Waals surface area contributed by atoms with E-state index in [-0.39, 0.29) is 37.3 Å². The van der Waals surface area contributed by atoms with Crippen molar-refractivity contribution >= 4 is 5.91 Å². The van der Waals surface area contributed by atoms with Gasteiger partial charge in [-0.1, -0.05) is 42.0 Å². The highest BCUT2D eigenvalue weighted by Gasteiger charge is 2.19. The maximum atomic E-state index is 13.8. The molecule has 0 aliphatic rings. The second-order valence-corrected chi connectivity index (χ2v) is 7.57. The number of nitrogens with zero attached hydrogens (tertiary/aromatic N) is 2. The largest absolute Gasteiger partial charge is 0.396 e. The van der Waals surface area contributed by atoms with E-state index in [1.807, 2.05) is 38.1 Å². The smallest absolute Gasteiger partial charge is 0.257 e. The van der Waals surface area contributed by atoms with E-state index in [0.29, 0.717) is 16.8 Å². The van der Waals surface area contributed by atoms with Gasteiger partial charge in [-0.2, -0.15) is 0 Å². The molecule has 2 aromatic carbocycles. The normalized spacial score (nSPS) is 11.9. The van der Waals surface area contributed by atoms with E-state index in [4.69, 9.17) is 0 Å². The average molecular weight is 423 g/mol. The Morgan fingerprint density at radius 1 is 1.19 bits per heavy atom. The van der Waals surface area contributed by atoms with Crippen LogP contribution in [-0.4, -0.2) is 27.2 Å². The lowest BCUT2D eigenvalue weighted by Crippen LogP contribution is -2.36. The Labute approximate surface area is 180 Å². The number of hydrogen-bond acceptors (Lipinski definition) is 4. The molecule has 162 valence electrons. The van der Waals surface area contributed by atoms with Crippen molar-refractivity contribution in [3.63, 3.8) is 0 Å². The van der Waals surface area contributed by atoms with Crippen molar-refractivity contribution in [2.75, 3.05) is 6.61 Å². The zero-order valence-electron chi connectivity index (χ0n) is 17.9. The number of aliphatic hydroxyl groups is 1. The van der Waals surface area contributed by atoms with Gasteiger partial charge in [-0.05, 0) is 38.5 Å². The van der Waals surface area contributed by atoms with Crippen LogP contribution < -0.4 is 10.9 Å². The van der Waals surface area contributed by atoms with Gasteiger partial charge >= 0.3 is 0 Å². The monoisotopic (exact) mass is 423 g/mol. The Balaban J connectivity index is 1.96. The maximum absolute atomic E-state index is 13.8. The molecule has 0 aliphatic carbocycles. The molecule has 1 heterocycles. The first-order valence-corrected chi connectivity index (χ1v) is 10.1. The molecule has 3 rings (SSSR count). The lowest BCUT2D eigenvalue weighted by molar-refractivity contribution is -0.122. The summed E-state index contributed by atoms with van der Waals surface area (Å²) in [6.45, 7) is 5.03. The number of nitrogens with one attached hydrogen (secondary N) is 1. The van der Waals surface area contributed by atoms with Gasteiger partial charge < -0.3 is 10.4 Å². The van der Waals surface area contributed by atoms with Crippen LogP contribution in [0.5, 0.6) is 0 Å². The van der Waals surface area contributed by atoms with E-state index >= 15 is 0 Å². The van der Waals surface area contributed by atoms with Crippen LogP contribution >= 0.6 is 0 Å². The fraction of sp³-hybridized carbons (Fsp3) is 0.292. The van der Waals surface area contributed by atoms with Gasteiger partial charge in [-0.15, -0.1) is 0 Å². The lowest BCUT2D eigenvalue weighted by Gasteiger charge is -2.18. The molecule has 0 bridgehead atoms. The fourth-order valence-corrected chi connectivity index (χ4v) is 3.46. The van der Waals surface area contributed by atoms with Gasteiger partial charge in [-0.25, -0.2) is 9.37 Å². The summed E-state index contributed by atoms with van der Waals surface area (Å²) in [5, 5.41) is 12.2. The molecule has 0 saturated heterocycles. The van der Waals surface area contributed by atoms with Crippen LogP contribution in [0.15, 0.2) is 53.3 Å². The molecule has 2 N–H and O–H groups in total. The Kier molecular flexibility index (Phi) is 6.97. The molecular formula is C24H26FN3O3. The highest BCUT2D eigenvalue weighted by Crippen LogP contribution is 2.19. The number of hydrogen-bond donors (Lipinski definition) is 2. The van der Waals surface area contributed by atoms with Gasteiger partial charge in [0.15, 0.2) is 0 Å². The molecule has 1 atom stereocenters. The van der Waals surface area contributed by atoms with Crippen molar-refractivity contribution in [3.05, 3.63) is 87.1 Å². The number of aryl methyl sites for hydroxylation is 2. The number of carbonyl (C=O) groups is 1. The number of carbonyl (C=O) groups excluding carboxylic acids is 1. The molecule has 0 radical (unpaired) electrons. The summed E-state index contributed by atoms with van der Waals surface area (Å²) in [5.74, 6) is -0.622. The molecule has 0 spiro atoms. The Bertz CT molecular complexity index is 1140. The molecule has 7 heteroatoms. The molecule has 0 aliphatic heterocycles. The first-order valence-electron chi connectivity index (χ1n) is 10.1. The highest BCUT2D eigenvalue weighted by atomic mass is 19.1. The molecule has 1 aromatic heterocycles. The summed E-state index contributed by atoms with van der Waals surface area (Å²) in [6.07, 6.45) is 0.127. The summed E-state index contributed by atoms with van der Waals surface area (Å²) < 4.78 is 15.0. The van der Waals surface area contributed by atoms with Gasteiger partial charge in [0.1, 0.15) is 18.2 Å². The second-order valence-electron chi connectivity index (χ2n) is 7.57. The quantitative estimate of drug-likeness (QED) is 0.612. The van der Waals surface area contributed by atoms with Gasteiger partial charge in [-0.3, -0.25) is 14.2 Å². The molecular weight excluding hydrogens is 397 g/mol. The van der Waals surface area contributed by atoms with E-state index < -0.39 is 11.4 Å². The van der Waals surface area contributed by atoms with Gasteiger partial charge in [0.05, 0.1) is 6.04 Å². The van der Waals surface area contributed by atoms with Crippen molar-refractivity contribution < 1.29 is 14.3 Å². The van der Waals surface area contributed by atoms with E-state index in [1.54, 1.807) is 13.0 Å². The SMILES string of the molecule is Cc1ccc([C@H](C)NC(=O)Cn2c(-c3cccc(F)c3)nc(C)c(CCO)c2=O)cc1. The van der Waals surface area contributed by atoms with Gasteiger partial charge in [0.2, 0.25) is 5.91 Å². The van der Waals surface area contributed by atoms with Crippen LogP contribution in [0, 0.1) is 19.7 Å². The predicted octanol–water partition coefficient (Wildman–Crippen LogP) is 3.08. The minimum atomic E-state index is -0.465. The molecule has 0 fully saturated rings. The average Bonchev–Trinajstić information content (AvgIpc) is 2.73. The molecule has 0 saturated carbocycles. The van der Waals surface area contributed by atoms with Crippen LogP contribution in [0.25, 0.3) is 11.4 Å². The van der Waals surface area contributed by atoms with Crippen LogP contribution in [-0.2, 0) is 17.8 Å². The van der Waals surface area contributed by atoms with E-state index in [2.05, 4.69) is 10.3 Å². The van der Waals surface area contributed by atoms with Crippen molar-refractivity contribution in [2.45, 2.75) is 39.8 Å². The number of aromatic nitrogens is 2. The van der Waals surface area contributed by atoms with E-state index in [9.17, 15) is 19.1 Å². The molecule has 3 aromatic rings. The highest BCUT2D eigenvalue weighted by molar-refractivity contribution is 5.77.